The van der Waals surface area contributed by atoms with E-state index in [9.17, 15) is 8.42 Å². The maximum atomic E-state index is 11.4. The summed E-state index contributed by atoms with van der Waals surface area (Å²) in [4.78, 5) is 2.41. The molecule has 1 aliphatic rings. The Bertz CT molecular complexity index is 563. The normalized spacial score (nSPS) is 21.5. The van der Waals surface area contributed by atoms with Crippen molar-refractivity contribution in [2.75, 3.05) is 18.1 Å². The fourth-order valence-corrected chi connectivity index (χ4v) is 4.12. The Morgan fingerprint density at radius 1 is 1.47 bits per heavy atom. The molecule has 0 saturated carbocycles. The van der Waals surface area contributed by atoms with Gasteiger partial charge in [-0.2, -0.15) is 11.8 Å². The lowest BCUT2D eigenvalue weighted by atomic mass is 10.2. The zero-order valence-electron chi connectivity index (χ0n) is 10.7. The molecule has 4 nitrogen and oxygen atoms in total. The summed E-state index contributed by atoms with van der Waals surface area (Å²) in [6.07, 6.45) is 0. The highest BCUT2D eigenvalue weighted by Crippen LogP contribution is 2.22. The Hall–Kier alpha value is -0.270. The first-order valence-corrected chi connectivity index (χ1v) is 9.08. The summed E-state index contributed by atoms with van der Waals surface area (Å²) in [6, 6.07) is 5.27. The zero-order chi connectivity index (χ0) is 14.0. The summed E-state index contributed by atoms with van der Waals surface area (Å²) in [6.45, 7) is 3.88. The van der Waals surface area contributed by atoms with Crippen molar-refractivity contribution in [1.82, 2.24) is 4.90 Å². The third kappa shape index (κ3) is 4.10. The average Bonchev–Trinajstić information content (AvgIpc) is 2.30. The molecule has 2 N–H and O–H groups in total. The Kier molecular flexibility index (Phi) is 4.79. The molecule has 1 aromatic rings. The quantitative estimate of drug-likeness (QED) is 0.924. The smallest absolute Gasteiger partial charge is 0.238 e. The van der Waals surface area contributed by atoms with Crippen LogP contribution < -0.4 is 5.14 Å². The van der Waals surface area contributed by atoms with Gasteiger partial charge in [0.05, 0.1) is 4.90 Å². The van der Waals surface area contributed by atoms with Crippen molar-refractivity contribution in [2.45, 2.75) is 24.4 Å². The lowest BCUT2D eigenvalue weighted by Gasteiger charge is -2.33. The molecule has 1 aromatic carbocycles. The lowest BCUT2D eigenvalue weighted by Crippen LogP contribution is -2.39. The van der Waals surface area contributed by atoms with Crippen LogP contribution in [0.5, 0.6) is 0 Å². The summed E-state index contributed by atoms with van der Waals surface area (Å²) >= 11 is 7.91. The van der Waals surface area contributed by atoms with Crippen LogP contribution in [0.1, 0.15) is 12.5 Å². The molecule has 0 spiro atoms. The predicted octanol–water partition coefficient (Wildman–Crippen LogP) is 1.92. The molecular formula is C12H17ClN2O2S2. The summed E-state index contributed by atoms with van der Waals surface area (Å²) in [5.41, 5.74) is 0.885. The van der Waals surface area contributed by atoms with E-state index in [1.54, 1.807) is 12.1 Å². The molecule has 0 aliphatic carbocycles. The standard InChI is InChI=1S/C12H17ClN2O2S2/c1-9-8-18-3-2-15(9)7-10-4-11(13)6-12(5-10)19(14,16)17/h4-6,9H,2-3,7-8H2,1H3,(H2,14,16,17)/t9-/m1/s1. The van der Waals surface area contributed by atoms with Gasteiger partial charge in [-0.25, -0.2) is 13.6 Å². The molecular weight excluding hydrogens is 304 g/mol. The number of nitrogens with zero attached hydrogens (tertiary/aromatic N) is 1. The van der Waals surface area contributed by atoms with Crippen LogP contribution in [0, 0.1) is 0 Å². The van der Waals surface area contributed by atoms with Crippen molar-refractivity contribution < 1.29 is 8.42 Å². The van der Waals surface area contributed by atoms with E-state index in [4.69, 9.17) is 16.7 Å². The Balaban J connectivity index is 2.23. The topological polar surface area (TPSA) is 63.4 Å². The van der Waals surface area contributed by atoms with Crippen molar-refractivity contribution in [3.05, 3.63) is 28.8 Å². The van der Waals surface area contributed by atoms with Gasteiger partial charge in [0.15, 0.2) is 0 Å². The maximum Gasteiger partial charge on any atom is 0.238 e. The summed E-state index contributed by atoms with van der Waals surface area (Å²) in [7, 11) is -3.71. The minimum Gasteiger partial charge on any atom is -0.295 e. The molecule has 2 rings (SSSR count). The van der Waals surface area contributed by atoms with E-state index < -0.39 is 10.0 Å². The van der Waals surface area contributed by atoms with Crippen LogP contribution in [0.4, 0.5) is 0 Å². The predicted molar refractivity (Wildman–Crippen MR) is 80.0 cm³/mol. The van der Waals surface area contributed by atoms with E-state index in [1.807, 2.05) is 11.8 Å². The molecule has 19 heavy (non-hydrogen) atoms. The first-order valence-electron chi connectivity index (χ1n) is 6.00. The molecule has 1 saturated heterocycles. The lowest BCUT2D eigenvalue weighted by molar-refractivity contribution is 0.224. The van der Waals surface area contributed by atoms with Crippen LogP contribution in [-0.2, 0) is 16.6 Å². The summed E-state index contributed by atoms with van der Waals surface area (Å²) in [5, 5.41) is 5.55. The highest BCUT2D eigenvalue weighted by Gasteiger charge is 2.19. The molecule has 1 fully saturated rings. The number of primary sulfonamides is 1. The molecule has 0 amide bonds. The largest absolute Gasteiger partial charge is 0.295 e. The summed E-state index contributed by atoms with van der Waals surface area (Å²) < 4.78 is 22.8. The molecule has 1 heterocycles. The molecule has 7 heteroatoms. The Morgan fingerprint density at radius 3 is 2.84 bits per heavy atom. The fourth-order valence-electron chi connectivity index (χ4n) is 2.11. The molecule has 1 aliphatic heterocycles. The molecule has 0 radical (unpaired) electrons. The number of thioether (sulfide) groups is 1. The van der Waals surface area contributed by atoms with Crippen molar-refractivity contribution in [3.63, 3.8) is 0 Å². The van der Waals surface area contributed by atoms with Gasteiger partial charge in [-0.1, -0.05) is 11.6 Å². The first kappa shape index (κ1) is 15.1. The minimum atomic E-state index is -3.71. The van der Waals surface area contributed by atoms with Crippen LogP contribution >= 0.6 is 23.4 Å². The van der Waals surface area contributed by atoms with Gasteiger partial charge in [0.25, 0.3) is 0 Å². The van der Waals surface area contributed by atoms with Crippen molar-refractivity contribution >= 4 is 33.4 Å². The minimum absolute atomic E-state index is 0.0778. The Morgan fingerprint density at radius 2 is 2.21 bits per heavy atom. The number of rotatable bonds is 3. The van der Waals surface area contributed by atoms with Gasteiger partial charge in [-0.3, -0.25) is 4.90 Å². The van der Waals surface area contributed by atoms with Gasteiger partial charge in [0, 0.05) is 35.7 Å². The van der Waals surface area contributed by atoms with E-state index in [-0.39, 0.29) is 4.90 Å². The number of sulfonamides is 1. The van der Waals surface area contributed by atoms with Crippen LogP contribution in [0.3, 0.4) is 0 Å². The van der Waals surface area contributed by atoms with Gasteiger partial charge >= 0.3 is 0 Å². The fraction of sp³-hybridized carbons (Fsp3) is 0.500. The van der Waals surface area contributed by atoms with Gasteiger partial charge < -0.3 is 0 Å². The van der Waals surface area contributed by atoms with Gasteiger partial charge in [0.2, 0.25) is 10.0 Å². The Labute approximate surface area is 123 Å². The van der Waals surface area contributed by atoms with E-state index in [0.29, 0.717) is 17.6 Å². The van der Waals surface area contributed by atoms with Crippen LogP contribution in [0.25, 0.3) is 0 Å². The van der Waals surface area contributed by atoms with Crippen LogP contribution in [0.2, 0.25) is 5.02 Å². The van der Waals surface area contributed by atoms with E-state index in [1.165, 1.54) is 6.07 Å². The van der Waals surface area contributed by atoms with Crippen LogP contribution in [0.15, 0.2) is 23.1 Å². The summed E-state index contributed by atoms with van der Waals surface area (Å²) in [5.74, 6) is 2.20. The van der Waals surface area contributed by atoms with Crippen molar-refractivity contribution in [2.24, 2.45) is 5.14 Å². The SMILES string of the molecule is C[C@@H]1CSCCN1Cc1cc(Cl)cc(S(N)(=O)=O)c1. The molecule has 1 atom stereocenters. The van der Waals surface area contributed by atoms with Crippen molar-refractivity contribution in [1.29, 1.82) is 0 Å². The number of hydrogen-bond acceptors (Lipinski definition) is 4. The van der Waals surface area contributed by atoms with Gasteiger partial charge in [-0.15, -0.1) is 0 Å². The molecule has 106 valence electrons. The molecule has 0 bridgehead atoms. The second-order valence-electron chi connectivity index (χ2n) is 4.73. The van der Waals surface area contributed by atoms with Crippen LogP contribution in [-0.4, -0.2) is 37.4 Å². The first-order chi connectivity index (χ1) is 8.86. The number of hydrogen-bond donors (Lipinski definition) is 1. The van der Waals surface area contributed by atoms with Gasteiger partial charge in [-0.05, 0) is 30.7 Å². The van der Waals surface area contributed by atoms with Gasteiger partial charge in [0.1, 0.15) is 0 Å². The van der Waals surface area contributed by atoms with Crippen molar-refractivity contribution in [3.8, 4) is 0 Å². The third-order valence-corrected chi connectivity index (χ3v) is 5.45. The molecule has 0 unspecified atom stereocenters. The number of benzene rings is 1. The van der Waals surface area contributed by atoms with E-state index >= 15 is 0 Å². The molecule has 0 aromatic heterocycles. The second-order valence-corrected chi connectivity index (χ2v) is 7.88. The second kappa shape index (κ2) is 6.01. The number of halogens is 1. The zero-order valence-corrected chi connectivity index (χ0v) is 13.1. The third-order valence-electron chi connectivity index (χ3n) is 3.15. The average molecular weight is 321 g/mol. The highest BCUT2D eigenvalue weighted by atomic mass is 35.5. The highest BCUT2D eigenvalue weighted by molar-refractivity contribution is 7.99. The number of nitrogens with two attached hydrogens (primary N) is 1. The van der Waals surface area contributed by atoms with E-state index in [2.05, 4.69) is 11.8 Å². The maximum absolute atomic E-state index is 11.4. The van der Waals surface area contributed by atoms with E-state index in [0.717, 1.165) is 23.6 Å². The monoisotopic (exact) mass is 320 g/mol.